The van der Waals surface area contributed by atoms with Crippen LogP contribution in [0.3, 0.4) is 0 Å². The molecule has 2 heterocycles. The van der Waals surface area contributed by atoms with Gasteiger partial charge in [0.25, 0.3) is 0 Å². The van der Waals surface area contributed by atoms with Crippen LogP contribution in [-0.2, 0) is 11.2 Å². The van der Waals surface area contributed by atoms with Crippen LogP contribution in [0.25, 0.3) is 16.9 Å². The number of carboxylic acids is 1. The summed E-state index contributed by atoms with van der Waals surface area (Å²) < 4.78 is 1.70. The molecule has 1 aromatic carbocycles. The summed E-state index contributed by atoms with van der Waals surface area (Å²) in [7, 11) is 0. The van der Waals surface area contributed by atoms with Gasteiger partial charge in [0.1, 0.15) is 0 Å². The van der Waals surface area contributed by atoms with Gasteiger partial charge in [0.2, 0.25) is 0 Å². The van der Waals surface area contributed by atoms with E-state index >= 15 is 0 Å². The summed E-state index contributed by atoms with van der Waals surface area (Å²) >= 11 is 0. The molecule has 0 saturated heterocycles. The van der Waals surface area contributed by atoms with Crippen molar-refractivity contribution < 1.29 is 9.90 Å². The van der Waals surface area contributed by atoms with Crippen molar-refractivity contribution in [2.24, 2.45) is 0 Å². The van der Waals surface area contributed by atoms with E-state index in [1.54, 1.807) is 4.52 Å². The fourth-order valence-corrected chi connectivity index (χ4v) is 2.44. The van der Waals surface area contributed by atoms with Gasteiger partial charge < -0.3 is 5.11 Å². The molecule has 23 heavy (non-hydrogen) atoms. The van der Waals surface area contributed by atoms with Crippen molar-refractivity contribution in [1.82, 2.24) is 19.8 Å². The van der Waals surface area contributed by atoms with E-state index in [4.69, 9.17) is 5.11 Å². The molecule has 6 heteroatoms. The molecule has 3 rings (SSSR count). The highest BCUT2D eigenvalue weighted by molar-refractivity contribution is 5.66. The summed E-state index contributed by atoms with van der Waals surface area (Å²) in [6.45, 7) is 4.16. The molecule has 0 aliphatic carbocycles. The number of fused-ring (bicyclic) bond motifs is 1. The zero-order valence-electron chi connectivity index (χ0n) is 13.2. The van der Waals surface area contributed by atoms with E-state index in [-0.39, 0.29) is 6.42 Å². The Morgan fingerprint density at radius 1 is 1.13 bits per heavy atom. The number of aliphatic carboxylic acids is 1. The molecular weight excluding hydrogens is 292 g/mol. The molecule has 0 amide bonds. The van der Waals surface area contributed by atoms with Crippen molar-refractivity contribution in [3.63, 3.8) is 0 Å². The maximum atomic E-state index is 10.6. The number of nitrogens with zero attached hydrogens (tertiary/aromatic N) is 4. The molecule has 118 valence electrons. The fraction of sp³-hybridized carbons (Fsp3) is 0.294. The van der Waals surface area contributed by atoms with Crippen LogP contribution in [0.2, 0.25) is 0 Å². The minimum atomic E-state index is -0.803. The molecule has 6 nitrogen and oxygen atoms in total. The summed E-state index contributed by atoms with van der Waals surface area (Å²) in [6, 6.07) is 10.0. The first kappa shape index (κ1) is 15.1. The van der Waals surface area contributed by atoms with Crippen LogP contribution in [0.1, 0.15) is 29.8 Å². The second kappa shape index (κ2) is 6.16. The number of aromatic nitrogens is 4. The molecule has 0 radical (unpaired) electrons. The lowest BCUT2D eigenvalue weighted by Crippen LogP contribution is -2.02. The lowest BCUT2D eigenvalue weighted by molar-refractivity contribution is -0.137. The molecule has 0 fully saturated rings. The lowest BCUT2D eigenvalue weighted by atomic mass is 10.0. The Morgan fingerprint density at radius 2 is 1.96 bits per heavy atom. The van der Waals surface area contributed by atoms with Crippen molar-refractivity contribution >= 4 is 11.6 Å². The highest BCUT2D eigenvalue weighted by Crippen LogP contribution is 2.20. The maximum Gasteiger partial charge on any atom is 0.303 e. The number of carboxylic acid groups (broad SMARTS) is 1. The number of hydrogen-bond acceptors (Lipinski definition) is 4. The topological polar surface area (TPSA) is 80.4 Å². The molecule has 0 spiro atoms. The van der Waals surface area contributed by atoms with Gasteiger partial charge in [-0.25, -0.2) is 0 Å². The summed E-state index contributed by atoms with van der Waals surface area (Å²) in [5.41, 5.74) is 5.02. The van der Waals surface area contributed by atoms with Crippen LogP contribution >= 0.6 is 0 Å². The van der Waals surface area contributed by atoms with Gasteiger partial charge in [-0.3, -0.25) is 4.79 Å². The van der Waals surface area contributed by atoms with Crippen molar-refractivity contribution in [2.75, 3.05) is 0 Å². The molecule has 0 aliphatic rings. The van der Waals surface area contributed by atoms with Crippen molar-refractivity contribution in [3.05, 3.63) is 47.3 Å². The Bertz CT molecular complexity index is 870. The number of benzene rings is 1. The fourth-order valence-electron chi connectivity index (χ4n) is 2.44. The van der Waals surface area contributed by atoms with Crippen LogP contribution in [0.15, 0.2) is 30.3 Å². The summed E-state index contributed by atoms with van der Waals surface area (Å²) in [6.07, 6.45) is 1.17. The van der Waals surface area contributed by atoms with Crippen LogP contribution in [0, 0.1) is 13.8 Å². The third-order valence-electron chi connectivity index (χ3n) is 3.92. The first-order valence-electron chi connectivity index (χ1n) is 7.55. The number of carbonyl (C=O) groups is 1. The van der Waals surface area contributed by atoms with E-state index in [1.165, 1.54) is 11.1 Å². The zero-order chi connectivity index (χ0) is 16.4. The lowest BCUT2D eigenvalue weighted by Gasteiger charge is -2.06. The highest BCUT2D eigenvalue weighted by atomic mass is 16.4. The van der Waals surface area contributed by atoms with E-state index in [2.05, 4.69) is 41.3 Å². The van der Waals surface area contributed by atoms with E-state index in [0.29, 0.717) is 24.3 Å². The molecule has 0 aliphatic heterocycles. The summed E-state index contributed by atoms with van der Waals surface area (Å²) in [4.78, 5) is 10.6. The van der Waals surface area contributed by atoms with Crippen LogP contribution in [0.5, 0.6) is 0 Å². The SMILES string of the molecule is Cc1ccc(-c2ccc3nnc(CCCC(=O)O)n3n2)cc1C. The largest absolute Gasteiger partial charge is 0.481 e. The van der Waals surface area contributed by atoms with Gasteiger partial charge in [0.05, 0.1) is 5.69 Å². The van der Waals surface area contributed by atoms with Crippen molar-refractivity contribution in [2.45, 2.75) is 33.1 Å². The molecule has 0 bridgehead atoms. The van der Waals surface area contributed by atoms with Gasteiger partial charge in [-0.15, -0.1) is 10.2 Å². The van der Waals surface area contributed by atoms with E-state index in [9.17, 15) is 4.79 Å². The third kappa shape index (κ3) is 3.21. The van der Waals surface area contributed by atoms with Gasteiger partial charge in [-0.1, -0.05) is 12.1 Å². The Labute approximate surface area is 133 Å². The molecule has 2 aromatic heterocycles. The summed E-state index contributed by atoms with van der Waals surface area (Å²) in [5.74, 6) is -0.116. The van der Waals surface area contributed by atoms with E-state index in [0.717, 1.165) is 11.3 Å². The maximum absolute atomic E-state index is 10.6. The Hall–Kier alpha value is -2.76. The van der Waals surface area contributed by atoms with Gasteiger partial charge in [-0.2, -0.15) is 9.61 Å². The number of rotatable bonds is 5. The number of hydrogen-bond donors (Lipinski definition) is 1. The van der Waals surface area contributed by atoms with Crippen molar-refractivity contribution in [3.8, 4) is 11.3 Å². The monoisotopic (exact) mass is 310 g/mol. The first-order chi connectivity index (χ1) is 11.0. The highest BCUT2D eigenvalue weighted by Gasteiger charge is 2.10. The van der Waals surface area contributed by atoms with Crippen molar-refractivity contribution in [1.29, 1.82) is 0 Å². The predicted octanol–water partition coefficient (Wildman–Crippen LogP) is 2.82. The minimum absolute atomic E-state index is 0.117. The van der Waals surface area contributed by atoms with Gasteiger partial charge >= 0.3 is 5.97 Å². The van der Waals surface area contributed by atoms with Gasteiger partial charge in [0, 0.05) is 18.4 Å². The normalized spacial score (nSPS) is 11.0. The first-order valence-corrected chi connectivity index (χ1v) is 7.55. The molecule has 0 saturated carbocycles. The van der Waals surface area contributed by atoms with E-state index in [1.807, 2.05) is 18.2 Å². The second-order valence-corrected chi connectivity index (χ2v) is 5.65. The second-order valence-electron chi connectivity index (χ2n) is 5.65. The predicted molar refractivity (Wildman–Crippen MR) is 86.3 cm³/mol. The minimum Gasteiger partial charge on any atom is -0.481 e. The standard InChI is InChI=1S/C17H18N4O2/c1-11-6-7-13(10-12(11)2)14-8-9-16-19-18-15(21(16)20-14)4-3-5-17(22)23/h6-10H,3-5H2,1-2H3,(H,22,23). The zero-order valence-corrected chi connectivity index (χ0v) is 13.2. The molecule has 3 aromatic rings. The van der Waals surface area contributed by atoms with Crippen LogP contribution < -0.4 is 0 Å². The molecule has 0 unspecified atom stereocenters. The Morgan fingerprint density at radius 3 is 2.70 bits per heavy atom. The third-order valence-corrected chi connectivity index (χ3v) is 3.92. The van der Waals surface area contributed by atoms with Gasteiger partial charge in [0.15, 0.2) is 11.5 Å². The molecule has 0 atom stereocenters. The van der Waals surface area contributed by atoms with Crippen LogP contribution in [0.4, 0.5) is 0 Å². The Kier molecular flexibility index (Phi) is 4.06. The molecular formula is C17H18N4O2. The average molecular weight is 310 g/mol. The Balaban J connectivity index is 1.93. The molecule has 1 N–H and O–H groups in total. The summed E-state index contributed by atoms with van der Waals surface area (Å²) in [5, 5.41) is 21.6. The quantitative estimate of drug-likeness (QED) is 0.783. The average Bonchev–Trinajstić information content (AvgIpc) is 2.92. The van der Waals surface area contributed by atoms with E-state index < -0.39 is 5.97 Å². The van der Waals surface area contributed by atoms with Gasteiger partial charge in [-0.05, 0) is 49.6 Å². The van der Waals surface area contributed by atoms with Crippen LogP contribution in [-0.4, -0.2) is 30.9 Å². The number of aryl methyl sites for hydroxylation is 3. The smallest absolute Gasteiger partial charge is 0.303 e.